The van der Waals surface area contributed by atoms with Gasteiger partial charge >= 0.3 is 0 Å². The minimum atomic E-state index is -3.21. The first kappa shape index (κ1) is 20.0. The number of aromatic amines is 1. The number of benzene rings is 2. The number of thioether (sulfide) groups is 1. The van der Waals surface area contributed by atoms with Crippen LogP contribution in [0.25, 0.3) is 10.9 Å². The highest BCUT2D eigenvalue weighted by molar-refractivity contribution is 8.02. The van der Waals surface area contributed by atoms with Gasteiger partial charge in [0.15, 0.2) is 14.9 Å². The molecule has 7 nitrogen and oxygen atoms in total. The van der Waals surface area contributed by atoms with Crippen molar-refractivity contribution in [2.75, 3.05) is 6.26 Å². The van der Waals surface area contributed by atoms with Crippen LogP contribution in [0.1, 0.15) is 11.3 Å². The molecule has 5 rings (SSSR count). The van der Waals surface area contributed by atoms with Gasteiger partial charge in [-0.25, -0.2) is 8.42 Å². The molecular weight excluding hydrogens is 430 g/mol. The lowest BCUT2D eigenvalue weighted by Crippen LogP contribution is -2.53. The molecule has 0 spiro atoms. The first-order chi connectivity index (χ1) is 14.8. The molecule has 0 saturated heterocycles. The fourth-order valence-corrected chi connectivity index (χ4v) is 5.24. The molecule has 9 heteroatoms. The Kier molecular flexibility index (Phi) is 4.71. The fraction of sp³-hybridized carbons (Fsp3) is 0.0909. The van der Waals surface area contributed by atoms with E-state index in [1.165, 1.54) is 6.26 Å². The Balaban J connectivity index is 1.46. The zero-order valence-electron chi connectivity index (χ0n) is 16.7. The number of nitrogens with two attached hydrogens (primary N) is 1. The Morgan fingerprint density at radius 2 is 1.90 bits per heavy atom. The highest BCUT2D eigenvalue weighted by Crippen LogP contribution is 2.37. The van der Waals surface area contributed by atoms with Crippen LogP contribution in [0.3, 0.4) is 0 Å². The monoisotopic (exact) mass is 450 g/mol. The van der Waals surface area contributed by atoms with Crippen LogP contribution in [0.4, 0.5) is 0 Å². The van der Waals surface area contributed by atoms with Gasteiger partial charge in [0.2, 0.25) is 5.70 Å². The summed E-state index contributed by atoms with van der Waals surface area (Å²) in [4.78, 5) is 12.9. The highest BCUT2D eigenvalue weighted by Gasteiger charge is 2.44. The number of aromatic nitrogens is 1. The molecule has 2 aliphatic rings. The molecule has 0 fully saturated rings. The maximum atomic E-state index is 11.7. The van der Waals surface area contributed by atoms with Gasteiger partial charge in [0.1, 0.15) is 11.9 Å². The van der Waals surface area contributed by atoms with Gasteiger partial charge in [0.25, 0.3) is 5.84 Å². The Labute approximate surface area is 184 Å². The van der Waals surface area contributed by atoms with E-state index < -0.39 is 9.84 Å². The number of amidine groups is 1. The predicted octanol–water partition coefficient (Wildman–Crippen LogP) is 3.68. The fourth-order valence-electron chi connectivity index (χ4n) is 3.61. The van der Waals surface area contributed by atoms with Gasteiger partial charge < -0.3 is 4.98 Å². The summed E-state index contributed by atoms with van der Waals surface area (Å²) in [5.41, 5.74) is 3.68. The normalized spacial score (nSPS) is 20.4. The molecule has 1 unspecified atom stereocenters. The first-order valence-electron chi connectivity index (χ1n) is 9.57. The van der Waals surface area contributed by atoms with Crippen LogP contribution in [0.5, 0.6) is 0 Å². The number of hydrogen-bond acceptors (Lipinski definition) is 6. The lowest BCUT2D eigenvalue weighted by Gasteiger charge is -2.25. The molecule has 1 aromatic heterocycles. The predicted molar refractivity (Wildman–Crippen MR) is 125 cm³/mol. The maximum absolute atomic E-state index is 11.7. The second kappa shape index (κ2) is 7.31. The maximum Gasteiger partial charge on any atom is 0.282 e. The number of H-pyrrole nitrogens is 1. The van der Waals surface area contributed by atoms with Gasteiger partial charge in [-0.2, -0.15) is 10.8 Å². The highest BCUT2D eigenvalue weighted by atomic mass is 32.2. The number of aliphatic imine (C=N–C) groups is 2. The Morgan fingerprint density at radius 3 is 2.65 bits per heavy atom. The lowest BCUT2D eigenvalue weighted by molar-refractivity contribution is -0.750. The Bertz CT molecular complexity index is 1380. The summed E-state index contributed by atoms with van der Waals surface area (Å²) < 4.78 is 23.3. The SMILES string of the molecule is CS(=O)(=O)c1ccc(CSC2=C3C=NC=C[N+]3(N)C(c3cc4ccccc4[nH]3)=N2)cc1. The summed E-state index contributed by atoms with van der Waals surface area (Å²) in [5.74, 6) is 8.09. The van der Waals surface area contributed by atoms with Crippen molar-refractivity contribution in [1.29, 1.82) is 0 Å². The standard InChI is InChI=1S/C22H20N5O2S2/c1-31(28,29)17-8-6-15(7-9-17)14-30-22-20-13-24-10-11-27(20,23)21(26-22)19-12-16-4-2-3-5-18(16)25-19/h2-13,25H,14,23H2,1H3/q+1. The van der Waals surface area contributed by atoms with Crippen molar-refractivity contribution >= 4 is 44.6 Å². The molecule has 3 aromatic rings. The van der Waals surface area contributed by atoms with Crippen molar-refractivity contribution in [3.8, 4) is 0 Å². The van der Waals surface area contributed by atoms with E-state index in [1.54, 1.807) is 36.3 Å². The van der Waals surface area contributed by atoms with E-state index in [0.717, 1.165) is 32.9 Å². The molecule has 156 valence electrons. The number of fused-ring (bicyclic) bond motifs is 2. The van der Waals surface area contributed by atoms with Gasteiger partial charge in [0, 0.05) is 22.9 Å². The number of sulfone groups is 1. The van der Waals surface area contributed by atoms with Crippen molar-refractivity contribution < 1.29 is 13.0 Å². The van der Waals surface area contributed by atoms with Crippen molar-refractivity contribution in [2.24, 2.45) is 15.8 Å². The molecule has 3 N–H and O–H groups in total. The first-order valence-corrected chi connectivity index (χ1v) is 12.4. The molecular formula is C22H20N5O2S2+. The molecule has 0 amide bonds. The quantitative estimate of drug-likeness (QED) is 0.457. The molecule has 0 saturated carbocycles. The third kappa shape index (κ3) is 3.55. The second-order valence-electron chi connectivity index (χ2n) is 7.45. The third-order valence-electron chi connectivity index (χ3n) is 5.26. The van der Waals surface area contributed by atoms with Crippen LogP contribution in [-0.2, 0) is 15.6 Å². The molecule has 1 atom stereocenters. The van der Waals surface area contributed by atoms with E-state index in [0.29, 0.717) is 16.5 Å². The van der Waals surface area contributed by atoms with Gasteiger partial charge in [-0.1, -0.05) is 42.1 Å². The Hall–Kier alpha value is -2.98. The molecule has 0 radical (unpaired) electrons. The second-order valence-corrected chi connectivity index (χ2v) is 10.4. The number of hydrogen-bond donors (Lipinski definition) is 2. The molecule has 31 heavy (non-hydrogen) atoms. The van der Waals surface area contributed by atoms with Crippen LogP contribution < -0.4 is 5.84 Å². The molecule has 2 aromatic carbocycles. The number of allylic oxidation sites excluding steroid dienone is 1. The molecule has 0 bridgehead atoms. The molecule has 2 aliphatic heterocycles. The van der Waals surface area contributed by atoms with Crippen molar-refractivity contribution in [3.63, 3.8) is 0 Å². The van der Waals surface area contributed by atoms with Crippen LogP contribution in [0, 0.1) is 0 Å². The van der Waals surface area contributed by atoms with E-state index in [4.69, 9.17) is 10.8 Å². The zero-order chi connectivity index (χ0) is 21.6. The molecule has 3 heterocycles. The number of nitrogens with zero attached hydrogens (tertiary/aromatic N) is 3. The minimum absolute atomic E-state index is 0.0499. The summed E-state index contributed by atoms with van der Waals surface area (Å²) in [5, 5.41) is 1.88. The average molecular weight is 451 g/mol. The number of quaternary nitrogens is 1. The number of rotatable bonds is 5. The number of nitrogens with one attached hydrogen (secondary N) is 1. The summed E-state index contributed by atoms with van der Waals surface area (Å²) in [6.07, 6.45) is 6.44. The van der Waals surface area contributed by atoms with E-state index >= 15 is 0 Å². The van der Waals surface area contributed by atoms with Gasteiger partial charge in [-0.15, -0.1) is 4.59 Å². The summed E-state index contributed by atoms with van der Waals surface area (Å²) in [6.45, 7) is 0. The topological polar surface area (TPSA) is 101 Å². The average Bonchev–Trinajstić information content (AvgIpc) is 3.30. The van der Waals surface area contributed by atoms with Crippen LogP contribution in [0.15, 0.2) is 92.6 Å². The van der Waals surface area contributed by atoms with Crippen LogP contribution >= 0.6 is 11.8 Å². The Morgan fingerprint density at radius 1 is 1.13 bits per heavy atom. The largest absolute Gasteiger partial charge is 0.349 e. The molecule has 0 aliphatic carbocycles. The zero-order valence-corrected chi connectivity index (χ0v) is 18.3. The third-order valence-corrected chi connectivity index (χ3v) is 7.44. The van der Waals surface area contributed by atoms with E-state index in [9.17, 15) is 8.42 Å². The summed E-state index contributed by atoms with van der Waals surface area (Å²) >= 11 is 1.55. The van der Waals surface area contributed by atoms with Crippen molar-refractivity contribution in [3.05, 3.63) is 89.0 Å². The van der Waals surface area contributed by atoms with Crippen LogP contribution in [-0.4, -0.2) is 36.3 Å². The van der Waals surface area contributed by atoms with Gasteiger partial charge in [-0.3, -0.25) is 4.99 Å². The summed E-state index contributed by atoms with van der Waals surface area (Å²) in [7, 11) is -3.21. The van der Waals surface area contributed by atoms with Crippen molar-refractivity contribution in [1.82, 2.24) is 4.98 Å². The van der Waals surface area contributed by atoms with Crippen molar-refractivity contribution in [2.45, 2.75) is 10.6 Å². The lowest BCUT2D eigenvalue weighted by atomic mass is 10.2. The number of para-hydroxylation sites is 1. The van der Waals surface area contributed by atoms with E-state index in [1.807, 2.05) is 42.6 Å². The summed E-state index contributed by atoms with van der Waals surface area (Å²) in [6, 6.07) is 17.0. The van der Waals surface area contributed by atoms with Crippen LogP contribution in [0.2, 0.25) is 0 Å². The smallest absolute Gasteiger partial charge is 0.282 e. The van der Waals surface area contributed by atoms with E-state index in [-0.39, 0.29) is 4.59 Å². The van der Waals surface area contributed by atoms with E-state index in [2.05, 4.69) is 16.0 Å². The van der Waals surface area contributed by atoms with Gasteiger partial charge in [-0.05, 0) is 29.8 Å². The van der Waals surface area contributed by atoms with Gasteiger partial charge in [0.05, 0.1) is 17.3 Å². The minimum Gasteiger partial charge on any atom is -0.349 e.